The Hall–Kier alpha value is -2.00. The van der Waals surface area contributed by atoms with Crippen molar-refractivity contribution in [1.82, 2.24) is 4.98 Å². The lowest BCUT2D eigenvalue weighted by Gasteiger charge is -2.12. The van der Waals surface area contributed by atoms with Gasteiger partial charge in [-0.15, -0.1) is 13.2 Å². The van der Waals surface area contributed by atoms with Gasteiger partial charge in [0.15, 0.2) is 11.6 Å². The molecule has 0 radical (unpaired) electrons. The second kappa shape index (κ2) is 4.70. The smallest absolute Gasteiger partial charge is 0.478 e. The van der Waals surface area contributed by atoms with Crippen LogP contribution in [0.25, 0.3) is 0 Å². The van der Waals surface area contributed by atoms with E-state index in [-0.39, 0.29) is 6.20 Å². The zero-order valence-corrected chi connectivity index (χ0v) is 8.13. The molecule has 18 heavy (non-hydrogen) atoms. The third kappa shape index (κ3) is 3.02. The number of hydrogen-bond donors (Lipinski definition) is 1. The first-order valence-corrected chi connectivity index (χ1v) is 4.09. The highest BCUT2D eigenvalue weighted by Gasteiger charge is 2.35. The quantitative estimate of drug-likeness (QED) is 0.862. The summed E-state index contributed by atoms with van der Waals surface area (Å²) in [7, 11) is 0. The predicted octanol–water partition coefficient (Wildman–Crippen LogP) is 2.76. The van der Waals surface area contributed by atoms with Crippen LogP contribution >= 0.6 is 0 Å². The lowest BCUT2D eigenvalue weighted by atomic mass is 10.2. The van der Waals surface area contributed by atoms with Crippen molar-refractivity contribution < 1.29 is 41.0 Å². The van der Waals surface area contributed by atoms with Crippen molar-refractivity contribution in [1.29, 1.82) is 0 Å². The van der Waals surface area contributed by atoms with Gasteiger partial charge in [0, 0.05) is 0 Å². The van der Waals surface area contributed by atoms with Crippen LogP contribution < -0.4 is 4.74 Å². The van der Waals surface area contributed by atoms with Crippen molar-refractivity contribution >= 4 is 5.97 Å². The van der Waals surface area contributed by atoms with Gasteiger partial charge < -0.3 is 9.84 Å². The lowest BCUT2D eigenvalue weighted by molar-refractivity contribution is -0.275. The SMILES string of the molecule is O=C(O)c1c(C(F)F)ncc(OC(F)(F)F)c1F. The van der Waals surface area contributed by atoms with E-state index in [0.717, 1.165) is 0 Å². The number of carboxylic acid groups (broad SMARTS) is 1. The monoisotopic (exact) mass is 275 g/mol. The first-order valence-electron chi connectivity index (χ1n) is 4.09. The van der Waals surface area contributed by atoms with Crippen molar-refractivity contribution in [3.63, 3.8) is 0 Å². The average Bonchev–Trinajstić information content (AvgIpc) is 2.17. The summed E-state index contributed by atoms with van der Waals surface area (Å²) in [6.45, 7) is 0. The number of pyridine rings is 1. The van der Waals surface area contributed by atoms with Crippen LogP contribution in [0, 0.1) is 5.82 Å². The highest BCUT2D eigenvalue weighted by atomic mass is 19.4. The number of aromatic nitrogens is 1. The van der Waals surface area contributed by atoms with Gasteiger partial charge in [-0.2, -0.15) is 0 Å². The maximum atomic E-state index is 13.3. The Kier molecular flexibility index (Phi) is 3.67. The Labute approximate surface area is 94.8 Å². The van der Waals surface area contributed by atoms with Gasteiger partial charge in [0.1, 0.15) is 11.3 Å². The molecular weight excluding hydrogens is 272 g/mol. The number of rotatable bonds is 3. The maximum absolute atomic E-state index is 13.3. The molecule has 0 saturated carbocycles. The average molecular weight is 275 g/mol. The largest absolute Gasteiger partial charge is 0.573 e. The summed E-state index contributed by atoms with van der Waals surface area (Å²) in [5.41, 5.74) is -3.14. The fraction of sp³-hybridized carbons (Fsp3) is 0.250. The fourth-order valence-electron chi connectivity index (χ4n) is 1.05. The Morgan fingerprint density at radius 3 is 2.33 bits per heavy atom. The minimum Gasteiger partial charge on any atom is -0.478 e. The van der Waals surface area contributed by atoms with Crippen LogP contribution in [0.15, 0.2) is 6.20 Å². The number of carbonyl (C=O) groups is 1. The number of alkyl halides is 5. The third-order valence-corrected chi connectivity index (χ3v) is 1.66. The van der Waals surface area contributed by atoms with Gasteiger partial charge in [-0.05, 0) is 0 Å². The van der Waals surface area contributed by atoms with E-state index in [9.17, 15) is 31.1 Å². The van der Waals surface area contributed by atoms with Gasteiger partial charge in [0.05, 0.1) is 6.20 Å². The molecule has 1 aromatic rings. The molecule has 0 bridgehead atoms. The van der Waals surface area contributed by atoms with Crippen LogP contribution in [-0.2, 0) is 0 Å². The molecule has 0 aromatic carbocycles. The Morgan fingerprint density at radius 1 is 1.39 bits per heavy atom. The van der Waals surface area contributed by atoms with Gasteiger partial charge in [0.2, 0.25) is 0 Å². The molecule has 1 heterocycles. The molecule has 1 rings (SSSR count). The van der Waals surface area contributed by atoms with E-state index in [2.05, 4.69) is 9.72 Å². The molecule has 0 unspecified atom stereocenters. The van der Waals surface area contributed by atoms with Crippen molar-refractivity contribution in [2.45, 2.75) is 12.8 Å². The molecule has 0 aliphatic heterocycles. The van der Waals surface area contributed by atoms with Gasteiger partial charge >= 0.3 is 12.3 Å². The molecule has 0 aliphatic carbocycles. The number of aromatic carboxylic acids is 1. The molecular formula is C8H3F6NO3. The summed E-state index contributed by atoms with van der Waals surface area (Å²) >= 11 is 0. The number of ether oxygens (including phenoxy) is 1. The van der Waals surface area contributed by atoms with Crippen molar-refractivity contribution in [3.05, 3.63) is 23.3 Å². The van der Waals surface area contributed by atoms with Crippen LogP contribution in [0.1, 0.15) is 22.5 Å². The first-order chi connectivity index (χ1) is 8.13. The second-order valence-electron chi connectivity index (χ2n) is 2.85. The molecule has 1 N–H and O–H groups in total. The number of carboxylic acids is 1. The minimum absolute atomic E-state index is 0.0384. The van der Waals surface area contributed by atoms with Crippen LogP contribution in [0.5, 0.6) is 5.75 Å². The predicted molar refractivity (Wildman–Crippen MR) is 42.8 cm³/mol. The topological polar surface area (TPSA) is 59.4 Å². The van der Waals surface area contributed by atoms with E-state index < -0.39 is 41.6 Å². The van der Waals surface area contributed by atoms with E-state index in [4.69, 9.17) is 5.11 Å². The van der Waals surface area contributed by atoms with E-state index in [1.807, 2.05) is 0 Å². The van der Waals surface area contributed by atoms with E-state index in [0.29, 0.717) is 0 Å². The third-order valence-electron chi connectivity index (χ3n) is 1.66. The second-order valence-corrected chi connectivity index (χ2v) is 2.85. The highest BCUT2D eigenvalue weighted by Crippen LogP contribution is 2.31. The summed E-state index contributed by atoms with van der Waals surface area (Å²) < 4.78 is 76.4. The van der Waals surface area contributed by atoms with E-state index in [1.165, 1.54) is 0 Å². The highest BCUT2D eigenvalue weighted by molar-refractivity contribution is 5.89. The molecule has 0 amide bonds. The summed E-state index contributed by atoms with van der Waals surface area (Å²) in [4.78, 5) is 13.3. The molecule has 100 valence electrons. The molecule has 1 aromatic heterocycles. The van der Waals surface area contributed by atoms with Crippen molar-refractivity contribution in [3.8, 4) is 5.75 Å². The summed E-state index contributed by atoms with van der Waals surface area (Å²) in [6, 6.07) is 0. The Balaban J connectivity index is 3.35. The van der Waals surface area contributed by atoms with E-state index in [1.54, 1.807) is 0 Å². The Morgan fingerprint density at radius 2 is 1.94 bits per heavy atom. The van der Waals surface area contributed by atoms with Crippen LogP contribution in [0.4, 0.5) is 26.3 Å². The van der Waals surface area contributed by atoms with Crippen LogP contribution in [0.3, 0.4) is 0 Å². The standard InChI is InChI=1S/C8H3F6NO3/c9-4-2(18-8(12,13)14)1-15-5(6(10)11)3(4)7(16)17/h1,6H,(H,16,17). The minimum atomic E-state index is -5.30. The summed E-state index contributed by atoms with van der Waals surface area (Å²) in [6.07, 6.45) is -8.72. The molecule has 4 nitrogen and oxygen atoms in total. The molecule has 0 fully saturated rings. The van der Waals surface area contributed by atoms with E-state index >= 15 is 0 Å². The van der Waals surface area contributed by atoms with Crippen LogP contribution in [-0.4, -0.2) is 22.4 Å². The van der Waals surface area contributed by atoms with Gasteiger partial charge in [-0.1, -0.05) is 0 Å². The molecule has 10 heteroatoms. The zero-order valence-electron chi connectivity index (χ0n) is 8.13. The number of hydrogen-bond acceptors (Lipinski definition) is 3. The normalized spacial score (nSPS) is 11.7. The molecule has 0 spiro atoms. The molecule has 0 saturated heterocycles. The van der Waals surface area contributed by atoms with Crippen molar-refractivity contribution in [2.75, 3.05) is 0 Å². The van der Waals surface area contributed by atoms with Gasteiger partial charge in [-0.3, -0.25) is 4.98 Å². The van der Waals surface area contributed by atoms with Crippen molar-refractivity contribution in [2.24, 2.45) is 0 Å². The number of halogens is 6. The molecule has 0 atom stereocenters. The van der Waals surface area contributed by atoms with Gasteiger partial charge in [0.25, 0.3) is 6.43 Å². The van der Waals surface area contributed by atoms with Crippen LogP contribution in [0.2, 0.25) is 0 Å². The summed E-state index contributed by atoms with van der Waals surface area (Å²) in [5, 5.41) is 8.47. The Bertz CT molecular complexity index is 473. The zero-order chi connectivity index (χ0) is 14.1. The summed E-state index contributed by atoms with van der Waals surface area (Å²) in [5.74, 6) is -5.84. The molecule has 0 aliphatic rings. The lowest BCUT2D eigenvalue weighted by Crippen LogP contribution is -2.20. The fourth-order valence-corrected chi connectivity index (χ4v) is 1.05. The first kappa shape index (κ1) is 14.1. The van der Waals surface area contributed by atoms with Gasteiger partial charge in [-0.25, -0.2) is 18.0 Å². The maximum Gasteiger partial charge on any atom is 0.573 e. The number of nitrogens with zero attached hydrogens (tertiary/aromatic N) is 1.